The van der Waals surface area contributed by atoms with Gasteiger partial charge in [0.15, 0.2) is 0 Å². The van der Waals surface area contributed by atoms with Crippen LogP contribution in [-0.4, -0.2) is 24.5 Å². The summed E-state index contributed by atoms with van der Waals surface area (Å²) in [5.41, 5.74) is 5.37. The van der Waals surface area contributed by atoms with Crippen LogP contribution in [-0.2, 0) is 4.74 Å². The molecule has 1 aliphatic carbocycles. The van der Waals surface area contributed by atoms with E-state index in [-0.39, 0.29) is 0 Å². The minimum Gasteiger partial charge on any atom is -0.381 e. The van der Waals surface area contributed by atoms with Gasteiger partial charge in [-0.2, -0.15) is 0 Å². The summed E-state index contributed by atoms with van der Waals surface area (Å²) in [4.78, 5) is 0. The first-order valence-corrected chi connectivity index (χ1v) is 4.20. The molecule has 0 aromatic rings. The molecule has 0 spiro atoms. The molecule has 0 aromatic heterocycles. The molecule has 3 N–H and O–H groups in total. The van der Waals surface area contributed by atoms with Crippen LogP contribution in [0.1, 0.15) is 25.7 Å². The van der Waals surface area contributed by atoms with Crippen molar-refractivity contribution in [3.63, 3.8) is 0 Å². The Morgan fingerprint density at radius 3 is 2.27 bits per heavy atom. The van der Waals surface area contributed by atoms with Crippen LogP contribution in [0.15, 0.2) is 0 Å². The van der Waals surface area contributed by atoms with Crippen molar-refractivity contribution in [3.05, 3.63) is 0 Å². The molecule has 0 saturated heterocycles. The molecule has 1 rings (SSSR count). The van der Waals surface area contributed by atoms with Crippen LogP contribution in [0.2, 0.25) is 0 Å². The highest BCUT2D eigenvalue weighted by molar-refractivity contribution is 4.74. The van der Waals surface area contributed by atoms with Crippen LogP contribution in [0.25, 0.3) is 0 Å². The highest BCUT2D eigenvalue weighted by atomic mass is 16.5. The van der Waals surface area contributed by atoms with E-state index in [1.807, 2.05) is 0 Å². The number of hydrogen-bond acceptors (Lipinski definition) is 3. The molecule has 0 aliphatic heterocycles. The average Bonchev–Trinajstić information content (AvgIpc) is 2.05. The Balaban J connectivity index is 2.24. The van der Waals surface area contributed by atoms with Gasteiger partial charge in [0.25, 0.3) is 0 Å². The monoisotopic (exact) mass is 159 g/mol. The molecule has 0 heterocycles. The zero-order valence-corrected chi connectivity index (χ0v) is 6.99. The number of aliphatic hydroxyl groups is 1. The van der Waals surface area contributed by atoms with Gasteiger partial charge in [-0.1, -0.05) is 0 Å². The van der Waals surface area contributed by atoms with Crippen LogP contribution >= 0.6 is 0 Å². The van der Waals surface area contributed by atoms with Gasteiger partial charge in [-0.3, -0.25) is 0 Å². The molecular formula is C8H17NO2. The van der Waals surface area contributed by atoms with Gasteiger partial charge in [-0.05, 0) is 31.6 Å². The predicted octanol–water partition coefficient (Wildman–Crippen LogP) is 0.469. The van der Waals surface area contributed by atoms with Gasteiger partial charge in [0.05, 0.1) is 6.10 Å². The number of aliphatic hydroxyl groups excluding tert-OH is 1. The molecule has 1 aliphatic rings. The average molecular weight is 159 g/mol. The Labute approximate surface area is 67.5 Å². The fraction of sp³-hybridized carbons (Fsp3) is 1.00. The van der Waals surface area contributed by atoms with E-state index in [9.17, 15) is 0 Å². The molecule has 1 unspecified atom stereocenters. The van der Waals surface area contributed by atoms with E-state index >= 15 is 0 Å². The Kier molecular flexibility index (Phi) is 3.30. The van der Waals surface area contributed by atoms with Gasteiger partial charge < -0.3 is 15.6 Å². The van der Waals surface area contributed by atoms with Crippen molar-refractivity contribution in [1.82, 2.24) is 0 Å². The number of rotatable bonds is 2. The van der Waals surface area contributed by atoms with Crippen LogP contribution in [0, 0.1) is 5.92 Å². The highest BCUT2D eigenvalue weighted by Crippen LogP contribution is 2.26. The van der Waals surface area contributed by atoms with Crippen LogP contribution in [0.3, 0.4) is 0 Å². The molecule has 3 heteroatoms. The lowest BCUT2D eigenvalue weighted by Gasteiger charge is -2.28. The molecule has 66 valence electrons. The maximum absolute atomic E-state index is 9.07. The summed E-state index contributed by atoms with van der Waals surface area (Å²) in [6.45, 7) is 0. The summed E-state index contributed by atoms with van der Waals surface area (Å²) in [7, 11) is 1.74. The second-order valence-corrected chi connectivity index (χ2v) is 3.26. The predicted molar refractivity (Wildman–Crippen MR) is 42.9 cm³/mol. The Bertz CT molecular complexity index is 109. The van der Waals surface area contributed by atoms with Gasteiger partial charge in [0.1, 0.15) is 6.23 Å². The van der Waals surface area contributed by atoms with Crippen molar-refractivity contribution in [2.24, 2.45) is 11.7 Å². The normalized spacial score (nSPS) is 35.2. The van der Waals surface area contributed by atoms with Crippen molar-refractivity contribution in [2.75, 3.05) is 7.11 Å². The third-order valence-corrected chi connectivity index (χ3v) is 2.54. The lowest BCUT2D eigenvalue weighted by Crippen LogP contribution is -2.34. The topological polar surface area (TPSA) is 55.5 Å². The summed E-state index contributed by atoms with van der Waals surface area (Å²) in [6.07, 6.45) is 3.83. The van der Waals surface area contributed by atoms with E-state index in [0.29, 0.717) is 12.0 Å². The zero-order valence-electron chi connectivity index (χ0n) is 6.99. The summed E-state index contributed by atoms with van der Waals surface area (Å²) in [5, 5.41) is 9.07. The van der Waals surface area contributed by atoms with E-state index in [0.717, 1.165) is 25.7 Å². The quantitative estimate of drug-likeness (QED) is 0.576. The van der Waals surface area contributed by atoms with Crippen LogP contribution in [0.5, 0.6) is 0 Å². The van der Waals surface area contributed by atoms with Crippen molar-refractivity contribution in [3.8, 4) is 0 Å². The Hall–Kier alpha value is -0.120. The summed E-state index contributed by atoms with van der Waals surface area (Å²) in [6, 6.07) is 0. The number of ether oxygens (including phenoxy) is 1. The number of hydrogen-bond donors (Lipinski definition) is 2. The maximum Gasteiger partial charge on any atom is 0.105 e. The van der Waals surface area contributed by atoms with Crippen molar-refractivity contribution < 1.29 is 9.84 Å². The SMILES string of the molecule is COC1CCC(C(N)O)CC1. The van der Waals surface area contributed by atoms with Crippen LogP contribution < -0.4 is 5.73 Å². The standard InChI is InChI=1S/C8H17NO2/c1-11-7-4-2-6(3-5-7)8(9)10/h6-8,10H,2-5,9H2,1H3. The molecule has 11 heavy (non-hydrogen) atoms. The van der Waals surface area contributed by atoms with Gasteiger partial charge in [0, 0.05) is 7.11 Å². The minimum atomic E-state index is -0.632. The fourth-order valence-electron chi connectivity index (χ4n) is 1.67. The first-order chi connectivity index (χ1) is 5.24. The smallest absolute Gasteiger partial charge is 0.105 e. The van der Waals surface area contributed by atoms with Gasteiger partial charge in [-0.25, -0.2) is 0 Å². The molecule has 0 bridgehead atoms. The molecule has 0 amide bonds. The van der Waals surface area contributed by atoms with Gasteiger partial charge in [0.2, 0.25) is 0 Å². The molecule has 3 nitrogen and oxygen atoms in total. The first-order valence-electron chi connectivity index (χ1n) is 4.20. The lowest BCUT2D eigenvalue weighted by molar-refractivity contribution is 0.0214. The maximum atomic E-state index is 9.07. The van der Waals surface area contributed by atoms with E-state index < -0.39 is 6.23 Å². The largest absolute Gasteiger partial charge is 0.381 e. The molecular weight excluding hydrogens is 142 g/mol. The zero-order chi connectivity index (χ0) is 8.27. The summed E-state index contributed by atoms with van der Waals surface area (Å²) in [5.74, 6) is 0.293. The summed E-state index contributed by atoms with van der Waals surface area (Å²) >= 11 is 0. The third-order valence-electron chi connectivity index (χ3n) is 2.54. The van der Waals surface area contributed by atoms with Crippen molar-refractivity contribution in [1.29, 1.82) is 0 Å². The molecule has 1 saturated carbocycles. The molecule has 1 atom stereocenters. The van der Waals surface area contributed by atoms with E-state index in [2.05, 4.69) is 0 Å². The van der Waals surface area contributed by atoms with Crippen molar-refractivity contribution >= 4 is 0 Å². The highest BCUT2D eigenvalue weighted by Gasteiger charge is 2.23. The Morgan fingerprint density at radius 2 is 1.91 bits per heavy atom. The second kappa shape index (κ2) is 4.04. The summed E-state index contributed by atoms with van der Waals surface area (Å²) < 4.78 is 5.20. The van der Waals surface area contributed by atoms with E-state index in [4.69, 9.17) is 15.6 Å². The first kappa shape index (κ1) is 8.97. The van der Waals surface area contributed by atoms with Crippen molar-refractivity contribution in [2.45, 2.75) is 38.0 Å². The fourth-order valence-corrected chi connectivity index (χ4v) is 1.67. The second-order valence-electron chi connectivity index (χ2n) is 3.26. The van der Waals surface area contributed by atoms with Gasteiger partial charge in [-0.15, -0.1) is 0 Å². The number of methoxy groups -OCH3 is 1. The number of nitrogens with two attached hydrogens (primary N) is 1. The van der Waals surface area contributed by atoms with E-state index in [1.54, 1.807) is 7.11 Å². The van der Waals surface area contributed by atoms with Gasteiger partial charge >= 0.3 is 0 Å². The minimum absolute atomic E-state index is 0.293. The van der Waals surface area contributed by atoms with E-state index in [1.165, 1.54) is 0 Å². The molecule has 0 aromatic carbocycles. The van der Waals surface area contributed by atoms with Crippen LogP contribution in [0.4, 0.5) is 0 Å². The third kappa shape index (κ3) is 2.43. The Morgan fingerprint density at radius 1 is 1.36 bits per heavy atom. The molecule has 0 radical (unpaired) electrons. The molecule has 1 fully saturated rings. The lowest BCUT2D eigenvalue weighted by atomic mass is 9.86.